The molecular formula is C16H15N3O. The molecule has 1 aromatic carbocycles. The van der Waals surface area contributed by atoms with Gasteiger partial charge in [0.2, 0.25) is 0 Å². The Bertz CT molecular complexity index is 813. The molecule has 2 aromatic heterocycles. The number of H-pyrrole nitrogens is 1. The van der Waals surface area contributed by atoms with Crippen molar-refractivity contribution in [2.75, 3.05) is 7.05 Å². The lowest BCUT2D eigenvalue weighted by atomic mass is 10.2. The van der Waals surface area contributed by atoms with Gasteiger partial charge in [0.1, 0.15) is 5.65 Å². The van der Waals surface area contributed by atoms with Gasteiger partial charge in [-0.15, -0.1) is 0 Å². The molecule has 4 heteroatoms. The average Bonchev–Trinajstić information content (AvgIpc) is 2.97. The molecular weight excluding hydrogens is 250 g/mol. The van der Waals surface area contributed by atoms with Crippen molar-refractivity contribution in [2.45, 2.75) is 6.54 Å². The standard InChI is InChI=1S/C16H15N3O/c1-17-15-13(11-20)10-19(16-14(15)7-8-18-16)9-12-5-3-2-4-6-12/h2-8,10-11,18H,9H2,1H3. The predicted molar refractivity (Wildman–Crippen MR) is 78.7 cm³/mol. The van der Waals surface area contributed by atoms with E-state index >= 15 is 0 Å². The highest BCUT2D eigenvalue weighted by Gasteiger charge is 2.08. The summed E-state index contributed by atoms with van der Waals surface area (Å²) in [7, 11) is 1.70. The molecule has 0 atom stereocenters. The fourth-order valence-corrected chi connectivity index (χ4v) is 2.48. The van der Waals surface area contributed by atoms with Crippen molar-refractivity contribution in [3.05, 3.63) is 65.3 Å². The van der Waals surface area contributed by atoms with Gasteiger partial charge in [0, 0.05) is 31.4 Å². The first-order chi connectivity index (χ1) is 9.83. The lowest BCUT2D eigenvalue weighted by Crippen LogP contribution is -2.15. The third-order valence-corrected chi connectivity index (χ3v) is 3.38. The van der Waals surface area contributed by atoms with Crippen molar-refractivity contribution in [3.8, 4) is 0 Å². The molecule has 3 rings (SSSR count). The van der Waals surface area contributed by atoms with E-state index in [1.165, 1.54) is 5.56 Å². The summed E-state index contributed by atoms with van der Waals surface area (Å²) in [6.45, 7) is 0.711. The summed E-state index contributed by atoms with van der Waals surface area (Å²) in [6, 6.07) is 12.1. The number of aromatic amines is 1. The first kappa shape index (κ1) is 12.4. The van der Waals surface area contributed by atoms with Crippen molar-refractivity contribution >= 4 is 17.3 Å². The number of pyridine rings is 1. The van der Waals surface area contributed by atoms with Crippen LogP contribution in [0.1, 0.15) is 15.9 Å². The minimum absolute atomic E-state index is 0.607. The third kappa shape index (κ3) is 2.05. The van der Waals surface area contributed by atoms with Crippen LogP contribution in [-0.4, -0.2) is 22.9 Å². The SMILES string of the molecule is CN=c1c(C=O)cn(Cc2ccccc2)c2[nH]ccc12. The Balaban J connectivity index is 2.21. The molecule has 0 bridgehead atoms. The molecule has 0 aliphatic heterocycles. The first-order valence-electron chi connectivity index (χ1n) is 6.46. The zero-order valence-electron chi connectivity index (χ0n) is 11.2. The van der Waals surface area contributed by atoms with Gasteiger partial charge in [-0.25, -0.2) is 0 Å². The second-order valence-corrected chi connectivity index (χ2v) is 4.63. The molecule has 0 unspecified atom stereocenters. The highest BCUT2D eigenvalue weighted by atomic mass is 16.1. The van der Waals surface area contributed by atoms with Crippen LogP contribution in [0.2, 0.25) is 0 Å². The molecule has 0 saturated carbocycles. The Morgan fingerprint density at radius 2 is 2.05 bits per heavy atom. The Labute approximate surface area is 116 Å². The second kappa shape index (κ2) is 5.17. The molecule has 0 amide bonds. The Hall–Kier alpha value is -2.62. The lowest BCUT2D eigenvalue weighted by Gasteiger charge is -2.10. The normalized spacial score (nSPS) is 11.9. The van der Waals surface area contributed by atoms with Crippen LogP contribution in [0.15, 0.2) is 53.8 Å². The quantitative estimate of drug-likeness (QED) is 0.726. The summed E-state index contributed by atoms with van der Waals surface area (Å²) in [5.74, 6) is 0. The summed E-state index contributed by atoms with van der Waals surface area (Å²) in [5.41, 5.74) is 2.77. The van der Waals surface area contributed by atoms with Crippen molar-refractivity contribution in [3.63, 3.8) is 0 Å². The number of aromatic nitrogens is 2. The van der Waals surface area contributed by atoms with Gasteiger partial charge in [-0.3, -0.25) is 9.79 Å². The summed E-state index contributed by atoms with van der Waals surface area (Å²) in [5, 5.41) is 1.70. The number of fused-ring (bicyclic) bond motifs is 1. The van der Waals surface area contributed by atoms with Gasteiger partial charge >= 0.3 is 0 Å². The summed E-state index contributed by atoms with van der Waals surface area (Å²) >= 11 is 0. The Morgan fingerprint density at radius 1 is 1.25 bits per heavy atom. The molecule has 0 fully saturated rings. The molecule has 4 nitrogen and oxygen atoms in total. The number of hydrogen-bond acceptors (Lipinski definition) is 2. The number of rotatable bonds is 3. The maximum atomic E-state index is 11.3. The highest BCUT2D eigenvalue weighted by Crippen LogP contribution is 2.12. The van der Waals surface area contributed by atoms with Crippen LogP contribution in [0.5, 0.6) is 0 Å². The maximum absolute atomic E-state index is 11.3. The van der Waals surface area contributed by atoms with E-state index in [1.807, 2.05) is 41.2 Å². The van der Waals surface area contributed by atoms with Gasteiger partial charge in [-0.1, -0.05) is 30.3 Å². The fourth-order valence-electron chi connectivity index (χ4n) is 2.48. The van der Waals surface area contributed by atoms with E-state index in [9.17, 15) is 4.79 Å². The number of carbonyl (C=O) groups excluding carboxylic acids is 1. The molecule has 20 heavy (non-hydrogen) atoms. The van der Waals surface area contributed by atoms with E-state index in [4.69, 9.17) is 0 Å². The van der Waals surface area contributed by atoms with E-state index in [2.05, 4.69) is 22.1 Å². The minimum Gasteiger partial charge on any atom is -0.347 e. The van der Waals surface area contributed by atoms with Gasteiger partial charge < -0.3 is 9.55 Å². The van der Waals surface area contributed by atoms with Crippen molar-refractivity contribution < 1.29 is 4.79 Å². The van der Waals surface area contributed by atoms with Crippen LogP contribution in [0.4, 0.5) is 0 Å². The number of nitrogens with zero attached hydrogens (tertiary/aromatic N) is 2. The van der Waals surface area contributed by atoms with Gasteiger partial charge in [-0.2, -0.15) is 0 Å². The number of hydrogen-bond donors (Lipinski definition) is 1. The van der Waals surface area contributed by atoms with Crippen molar-refractivity contribution in [2.24, 2.45) is 4.99 Å². The van der Waals surface area contributed by atoms with Gasteiger partial charge in [0.05, 0.1) is 10.9 Å². The van der Waals surface area contributed by atoms with E-state index in [-0.39, 0.29) is 0 Å². The minimum atomic E-state index is 0.607. The predicted octanol–water partition coefficient (Wildman–Crippen LogP) is 2.36. The van der Waals surface area contributed by atoms with E-state index in [1.54, 1.807) is 7.05 Å². The van der Waals surface area contributed by atoms with Gasteiger partial charge in [0.25, 0.3) is 0 Å². The number of carbonyl (C=O) groups is 1. The zero-order chi connectivity index (χ0) is 13.9. The van der Waals surface area contributed by atoms with E-state index in [0.717, 1.165) is 22.7 Å². The van der Waals surface area contributed by atoms with Crippen LogP contribution in [-0.2, 0) is 6.54 Å². The Kier molecular flexibility index (Phi) is 3.21. The summed E-state index contributed by atoms with van der Waals surface area (Å²) in [6.07, 6.45) is 4.58. The van der Waals surface area contributed by atoms with Crippen LogP contribution < -0.4 is 5.36 Å². The smallest absolute Gasteiger partial charge is 0.153 e. The molecule has 0 radical (unpaired) electrons. The lowest BCUT2D eigenvalue weighted by molar-refractivity contribution is 0.112. The third-order valence-electron chi connectivity index (χ3n) is 3.38. The molecule has 1 N–H and O–H groups in total. The van der Waals surface area contributed by atoms with Crippen molar-refractivity contribution in [1.82, 2.24) is 9.55 Å². The van der Waals surface area contributed by atoms with Crippen molar-refractivity contribution in [1.29, 1.82) is 0 Å². The fraction of sp³-hybridized carbons (Fsp3) is 0.125. The Morgan fingerprint density at radius 3 is 2.75 bits per heavy atom. The molecule has 0 spiro atoms. The van der Waals surface area contributed by atoms with Crippen LogP contribution >= 0.6 is 0 Å². The average molecular weight is 265 g/mol. The molecule has 0 aliphatic carbocycles. The molecule has 100 valence electrons. The zero-order valence-corrected chi connectivity index (χ0v) is 11.2. The summed E-state index contributed by atoms with van der Waals surface area (Å²) in [4.78, 5) is 18.7. The van der Waals surface area contributed by atoms with E-state index in [0.29, 0.717) is 12.1 Å². The van der Waals surface area contributed by atoms with Crippen LogP contribution in [0.25, 0.3) is 11.0 Å². The summed E-state index contributed by atoms with van der Waals surface area (Å²) < 4.78 is 2.04. The maximum Gasteiger partial charge on any atom is 0.153 e. The number of aldehydes is 1. The van der Waals surface area contributed by atoms with E-state index < -0.39 is 0 Å². The largest absolute Gasteiger partial charge is 0.347 e. The van der Waals surface area contributed by atoms with Crippen LogP contribution in [0, 0.1) is 0 Å². The topological polar surface area (TPSA) is 50.1 Å². The van der Waals surface area contributed by atoms with Crippen LogP contribution in [0.3, 0.4) is 0 Å². The first-order valence-corrected chi connectivity index (χ1v) is 6.46. The van der Waals surface area contributed by atoms with Gasteiger partial charge in [-0.05, 0) is 11.6 Å². The number of benzene rings is 1. The molecule has 0 saturated heterocycles. The number of nitrogens with one attached hydrogen (secondary N) is 1. The highest BCUT2D eigenvalue weighted by molar-refractivity contribution is 5.84. The second-order valence-electron chi connectivity index (χ2n) is 4.63. The monoisotopic (exact) mass is 265 g/mol. The molecule has 2 heterocycles. The molecule has 3 aromatic rings. The van der Waals surface area contributed by atoms with Gasteiger partial charge in [0.15, 0.2) is 6.29 Å². The molecule has 0 aliphatic rings.